The van der Waals surface area contributed by atoms with Crippen molar-refractivity contribution < 1.29 is 21.4 Å². The summed E-state index contributed by atoms with van der Waals surface area (Å²) >= 11 is 0. The second kappa shape index (κ2) is 8.89. The molecule has 0 amide bonds. The molecule has 2 aromatic carbocycles. The fourth-order valence-electron chi connectivity index (χ4n) is 3.89. The van der Waals surface area contributed by atoms with Gasteiger partial charge in [0.25, 0.3) is 5.82 Å². The van der Waals surface area contributed by atoms with E-state index in [1.807, 2.05) is 53.6 Å². The predicted octanol–water partition coefficient (Wildman–Crippen LogP) is 1.05. The Morgan fingerprint density at radius 3 is 2.41 bits per heavy atom. The Morgan fingerprint density at radius 2 is 1.76 bits per heavy atom. The number of fused-ring (bicyclic) bond motifs is 2. The van der Waals surface area contributed by atoms with E-state index in [2.05, 4.69) is 36.9 Å². The summed E-state index contributed by atoms with van der Waals surface area (Å²) < 4.78 is 9.80. The van der Waals surface area contributed by atoms with Crippen LogP contribution in [-0.4, -0.2) is 17.7 Å². The van der Waals surface area contributed by atoms with E-state index in [0.717, 1.165) is 41.0 Å². The van der Waals surface area contributed by atoms with Gasteiger partial charge in [0.1, 0.15) is 5.58 Å². The Bertz CT molecular complexity index is 1170. The zero-order valence-electron chi connectivity index (χ0n) is 17.0. The Morgan fingerprint density at radius 1 is 1.07 bits per heavy atom. The first-order chi connectivity index (χ1) is 13.0. The molecule has 0 aliphatic heterocycles. The maximum Gasteiger partial charge on any atom is 0.351 e. The van der Waals surface area contributed by atoms with Gasteiger partial charge in [0, 0.05) is 30.2 Å². The fourth-order valence-corrected chi connectivity index (χ4v) is 3.89. The van der Waals surface area contributed by atoms with Gasteiger partial charge in [-0.3, -0.25) is 0 Å². The number of nitrogens with zero attached hydrogens (tertiary/aromatic N) is 3. The zero-order valence-corrected chi connectivity index (χ0v) is 18.5. The molecule has 0 unspecified atom stereocenters. The van der Waals surface area contributed by atoms with Gasteiger partial charge in [0.15, 0.2) is 16.6 Å². The summed E-state index contributed by atoms with van der Waals surface area (Å²) in [5.41, 5.74) is 4.09. The number of rotatable bonds is 4. The molecule has 4 rings (SSSR count). The van der Waals surface area contributed by atoms with Crippen molar-refractivity contribution >= 4 is 40.1 Å². The van der Waals surface area contributed by atoms with Crippen molar-refractivity contribution in [3.05, 3.63) is 59.0 Å². The molecule has 0 fully saturated rings. The van der Waals surface area contributed by atoms with E-state index in [9.17, 15) is 4.79 Å². The first-order valence-electron chi connectivity index (χ1n) is 9.31. The molecule has 5 nitrogen and oxygen atoms in total. The number of imidazole rings is 1. The average molecular weight is 434 g/mol. The molecule has 4 aromatic rings. The van der Waals surface area contributed by atoms with Crippen LogP contribution in [0, 0.1) is 0 Å². The van der Waals surface area contributed by atoms with Crippen molar-refractivity contribution in [3.8, 4) is 11.4 Å². The van der Waals surface area contributed by atoms with Gasteiger partial charge in [-0.15, -0.1) is 12.4 Å². The first kappa shape index (κ1) is 22.8. The molecular formula is C22H25Cl2N3O2. The summed E-state index contributed by atoms with van der Waals surface area (Å²) in [7, 11) is 3.95. The number of para-hydroxylation sites is 2. The van der Waals surface area contributed by atoms with Crippen LogP contribution in [0.5, 0.6) is 0 Å². The van der Waals surface area contributed by atoms with Crippen LogP contribution < -0.4 is 27.5 Å². The van der Waals surface area contributed by atoms with Gasteiger partial charge in [-0.2, -0.15) is 0 Å². The molecule has 2 aromatic heterocycles. The molecule has 0 spiro atoms. The summed E-state index contributed by atoms with van der Waals surface area (Å²) in [5, 5.41) is 0.922. The van der Waals surface area contributed by atoms with Crippen LogP contribution in [0.2, 0.25) is 0 Å². The maximum atomic E-state index is 12.8. The first-order valence-corrected chi connectivity index (χ1v) is 9.31. The van der Waals surface area contributed by atoms with Crippen molar-refractivity contribution in [2.45, 2.75) is 13.8 Å². The molecule has 0 saturated heterocycles. The van der Waals surface area contributed by atoms with E-state index >= 15 is 0 Å². The van der Waals surface area contributed by atoms with Gasteiger partial charge in [0.05, 0.1) is 14.1 Å². The van der Waals surface area contributed by atoms with Crippen molar-refractivity contribution in [1.29, 1.82) is 0 Å². The van der Waals surface area contributed by atoms with E-state index in [1.54, 1.807) is 0 Å². The SMILES string of the molecule is CCN(CC)c1ccc2cc(-c3n(C)c4ccccc4[n+]3C)c(=O)oc2c1.Cl.[Cl-]. The van der Waals surface area contributed by atoms with E-state index in [4.69, 9.17) is 4.42 Å². The number of benzene rings is 2. The third kappa shape index (κ3) is 3.72. The molecule has 0 saturated carbocycles. The molecule has 0 aliphatic rings. The van der Waals surface area contributed by atoms with Gasteiger partial charge in [-0.25, -0.2) is 13.9 Å². The lowest BCUT2D eigenvalue weighted by Crippen LogP contribution is -3.00. The van der Waals surface area contributed by atoms with Crippen molar-refractivity contribution in [3.63, 3.8) is 0 Å². The van der Waals surface area contributed by atoms with Crippen LogP contribution in [-0.2, 0) is 14.1 Å². The molecule has 0 N–H and O–H groups in total. The van der Waals surface area contributed by atoms with Crippen LogP contribution in [0.15, 0.2) is 57.7 Å². The van der Waals surface area contributed by atoms with Crippen LogP contribution in [0.25, 0.3) is 33.4 Å². The summed E-state index contributed by atoms with van der Waals surface area (Å²) in [5.74, 6) is 0.833. The van der Waals surface area contributed by atoms with Crippen molar-refractivity contribution in [1.82, 2.24) is 4.57 Å². The van der Waals surface area contributed by atoms with Gasteiger partial charge in [-0.1, -0.05) is 12.1 Å². The molecule has 2 heterocycles. The van der Waals surface area contributed by atoms with Crippen molar-refractivity contribution in [2.75, 3.05) is 18.0 Å². The number of anilines is 1. The molecule has 154 valence electrons. The topological polar surface area (TPSA) is 42.3 Å². The third-order valence-corrected chi connectivity index (χ3v) is 5.33. The molecule has 29 heavy (non-hydrogen) atoms. The lowest BCUT2D eigenvalue weighted by atomic mass is 10.1. The lowest BCUT2D eigenvalue weighted by molar-refractivity contribution is -0.634. The maximum absolute atomic E-state index is 12.8. The van der Waals surface area contributed by atoms with Crippen LogP contribution in [0.4, 0.5) is 5.69 Å². The summed E-state index contributed by atoms with van der Waals surface area (Å²) in [6.45, 7) is 6.06. The fraction of sp³-hybridized carbons (Fsp3) is 0.273. The van der Waals surface area contributed by atoms with Crippen LogP contribution in [0.3, 0.4) is 0 Å². The number of hydrogen-bond acceptors (Lipinski definition) is 3. The van der Waals surface area contributed by atoms with E-state index in [0.29, 0.717) is 11.1 Å². The summed E-state index contributed by atoms with van der Waals surface area (Å²) in [4.78, 5) is 15.1. The highest BCUT2D eigenvalue weighted by Crippen LogP contribution is 2.25. The molecular weight excluding hydrogens is 409 g/mol. The zero-order chi connectivity index (χ0) is 19.1. The number of hydrogen-bond donors (Lipinski definition) is 0. The molecule has 0 bridgehead atoms. The van der Waals surface area contributed by atoms with E-state index in [-0.39, 0.29) is 30.4 Å². The highest BCUT2D eigenvalue weighted by atomic mass is 35.5. The Hall–Kier alpha value is -2.50. The molecule has 0 radical (unpaired) electrons. The van der Waals surface area contributed by atoms with E-state index < -0.39 is 0 Å². The second-order valence-electron chi connectivity index (χ2n) is 6.77. The Labute approximate surface area is 182 Å². The minimum Gasteiger partial charge on any atom is -1.00 e. The van der Waals surface area contributed by atoms with Gasteiger partial charge >= 0.3 is 5.63 Å². The Balaban J connectivity index is 0.00000150. The normalized spacial score (nSPS) is 10.6. The molecule has 7 heteroatoms. The second-order valence-corrected chi connectivity index (χ2v) is 6.77. The minimum atomic E-state index is -0.319. The van der Waals surface area contributed by atoms with Gasteiger partial charge < -0.3 is 21.7 Å². The monoisotopic (exact) mass is 433 g/mol. The number of aromatic nitrogens is 2. The highest BCUT2D eigenvalue weighted by Gasteiger charge is 2.25. The number of aryl methyl sites for hydroxylation is 2. The van der Waals surface area contributed by atoms with Gasteiger partial charge in [0.2, 0.25) is 0 Å². The molecule has 0 atom stereocenters. The smallest absolute Gasteiger partial charge is 0.351 e. The average Bonchev–Trinajstić information content (AvgIpc) is 2.93. The van der Waals surface area contributed by atoms with Crippen LogP contribution >= 0.6 is 12.4 Å². The van der Waals surface area contributed by atoms with Gasteiger partial charge in [-0.05, 0) is 44.2 Å². The minimum absolute atomic E-state index is 0. The summed E-state index contributed by atoms with van der Waals surface area (Å²) in [6.07, 6.45) is 0. The highest BCUT2D eigenvalue weighted by molar-refractivity contribution is 5.85. The lowest BCUT2D eigenvalue weighted by Gasteiger charge is -2.20. The summed E-state index contributed by atoms with van der Waals surface area (Å²) in [6, 6.07) is 16.1. The third-order valence-electron chi connectivity index (χ3n) is 5.33. The van der Waals surface area contributed by atoms with E-state index in [1.165, 1.54) is 0 Å². The quantitative estimate of drug-likeness (QED) is 0.356. The number of halogens is 2. The standard InChI is InChI=1S/C22H24N3O2.2ClH/c1-5-25(6-2)16-12-11-15-13-17(22(26)27-20(15)14-16)21-23(3)18-9-7-8-10-19(18)24(21)4;;/h7-14H,5-6H2,1-4H3;2*1H/q+1;;/p-1. The Kier molecular flexibility index (Phi) is 6.98. The largest absolute Gasteiger partial charge is 1.00 e. The molecule has 0 aliphatic carbocycles. The predicted molar refractivity (Wildman–Crippen MR) is 116 cm³/mol. The van der Waals surface area contributed by atoms with Crippen LogP contribution in [0.1, 0.15) is 13.8 Å². The van der Waals surface area contributed by atoms with Crippen molar-refractivity contribution in [2.24, 2.45) is 14.1 Å².